The number of hydrogen-bond donors (Lipinski definition) is 1. The van der Waals surface area contributed by atoms with Crippen LogP contribution in [0.5, 0.6) is 0 Å². The fraction of sp³-hybridized carbons (Fsp3) is 0.400. The van der Waals surface area contributed by atoms with E-state index in [2.05, 4.69) is 44.7 Å². The summed E-state index contributed by atoms with van der Waals surface area (Å²) in [4.78, 5) is 0. The van der Waals surface area contributed by atoms with Gasteiger partial charge in [0.15, 0.2) is 0 Å². The van der Waals surface area contributed by atoms with Crippen molar-refractivity contribution >= 4 is 0 Å². The maximum atomic E-state index is 9.31. The van der Waals surface area contributed by atoms with E-state index < -0.39 is 0 Å². The van der Waals surface area contributed by atoms with Crippen LogP contribution in [0.3, 0.4) is 0 Å². The number of allylic oxidation sites excluding steroid dienone is 4. The van der Waals surface area contributed by atoms with E-state index in [1.807, 2.05) is 12.1 Å². The van der Waals surface area contributed by atoms with Gasteiger partial charge < -0.3 is 5.11 Å². The van der Waals surface area contributed by atoms with Gasteiger partial charge in [0.1, 0.15) is 5.76 Å². The first kappa shape index (κ1) is 17.3. The number of aliphatic hydroxyl groups is 1. The van der Waals surface area contributed by atoms with Gasteiger partial charge in [0, 0.05) is 0 Å². The summed E-state index contributed by atoms with van der Waals surface area (Å²) in [5, 5.41) is 9.31. The largest absolute Gasteiger partial charge is 0.508 e. The summed E-state index contributed by atoms with van der Waals surface area (Å²) in [6.45, 7) is 7.94. The van der Waals surface area contributed by atoms with Gasteiger partial charge >= 0.3 is 0 Å². The van der Waals surface area contributed by atoms with Gasteiger partial charge in [0.25, 0.3) is 0 Å². The lowest BCUT2D eigenvalue weighted by Gasteiger charge is -2.12. The maximum Gasteiger partial charge on any atom is 0.115 e. The van der Waals surface area contributed by atoms with Crippen molar-refractivity contribution in [1.82, 2.24) is 0 Å². The van der Waals surface area contributed by atoms with Gasteiger partial charge in [0.05, 0.1) is 0 Å². The molecule has 0 aromatic heterocycles. The summed E-state index contributed by atoms with van der Waals surface area (Å²) in [5.74, 6) is 0.994. The van der Waals surface area contributed by atoms with Crippen LogP contribution in [-0.4, -0.2) is 5.11 Å². The predicted molar refractivity (Wildman–Crippen MR) is 92.6 cm³/mol. The summed E-state index contributed by atoms with van der Waals surface area (Å²) in [5.41, 5.74) is 2.79. The lowest BCUT2D eigenvalue weighted by Crippen LogP contribution is -1.94. The van der Waals surface area contributed by atoms with Crippen molar-refractivity contribution in [2.45, 2.75) is 51.9 Å². The molecule has 1 N–H and O–H groups in total. The third kappa shape index (κ3) is 7.55. The maximum absolute atomic E-state index is 9.31. The van der Waals surface area contributed by atoms with Crippen LogP contribution in [0.1, 0.15) is 57.4 Å². The molecule has 1 nitrogen and oxygen atoms in total. The van der Waals surface area contributed by atoms with Gasteiger partial charge in [-0.1, -0.05) is 68.8 Å². The van der Waals surface area contributed by atoms with E-state index in [4.69, 9.17) is 0 Å². The van der Waals surface area contributed by atoms with Crippen LogP contribution in [0.25, 0.3) is 0 Å². The second-order valence-electron chi connectivity index (χ2n) is 5.76. The summed E-state index contributed by atoms with van der Waals surface area (Å²) >= 11 is 0. The lowest BCUT2D eigenvalue weighted by atomic mass is 9.94. The number of hydrogen-bond acceptors (Lipinski definition) is 1. The highest BCUT2D eigenvalue weighted by molar-refractivity contribution is 5.21. The number of rotatable bonds is 3. The summed E-state index contributed by atoms with van der Waals surface area (Å²) in [7, 11) is 0. The summed E-state index contributed by atoms with van der Waals surface area (Å²) in [6.07, 6.45) is 11.3. The Bertz CT molecular complexity index is 458. The Labute approximate surface area is 129 Å². The molecule has 0 bridgehead atoms. The highest BCUT2D eigenvalue weighted by Gasteiger charge is 2.04. The standard InChI is InChI=1S/C11H16O.C9H12/c1-2-6-11(12)9-10-7-4-3-5-8-10;1-8(2)9-6-4-3-5-7-9/h2,6,9,12H,1,3-5,7-8H2;3-8H,1-2H3/b11-6+;. The molecule has 21 heavy (non-hydrogen) atoms. The van der Waals surface area contributed by atoms with Crippen LogP contribution in [0.2, 0.25) is 0 Å². The van der Waals surface area contributed by atoms with E-state index >= 15 is 0 Å². The van der Waals surface area contributed by atoms with Gasteiger partial charge in [-0.05, 0) is 49.3 Å². The molecule has 1 saturated carbocycles. The number of aliphatic hydroxyl groups excluding tert-OH is 1. The molecule has 0 saturated heterocycles. The first-order valence-corrected chi connectivity index (χ1v) is 7.89. The van der Waals surface area contributed by atoms with Crippen molar-refractivity contribution < 1.29 is 5.11 Å². The van der Waals surface area contributed by atoms with Crippen LogP contribution in [0.4, 0.5) is 0 Å². The lowest BCUT2D eigenvalue weighted by molar-refractivity contribution is 0.430. The van der Waals surface area contributed by atoms with Gasteiger partial charge in [-0.3, -0.25) is 0 Å². The molecule has 0 amide bonds. The third-order valence-corrected chi connectivity index (χ3v) is 3.60. The van der Waals surface area contributed by atoms with Gasteiger partial charge in [-0.25, -0.2) is 0 Å². The van der Waals surface area contributed by atoms with Gasteiger partial charge in [-0.2, -0.15) is 0 Å². The van der Waals surface area contributed by atoms with Crippen LogP contribution in [-0.2, 0) is 0 Å². The molecule has 1 heteroatoms. The van der Waals surface area contributed by atoms with Gasteiger partial charge in [0.2, 0.25) is 0 Å². The minimum atomic E-state index is 0.335. The average molecular weight is 284 g/mol. The second kappa shape index (κ2) is 10.0. The third-order valence-electron chi connectivity index (χ3n) is 3.60. The normalized spacial score (nSPS) is 15.2. The molecule has 0 aliphatic heterocycles. The Hall–Kier alpha value is -1.76. The van der Waals surface area contributed by atoms with Crippen molar-refractivity contribution in [3.63, 3.8) is 0 Å². The molecule has 0 atom stereocenters. The van der Waals surface area contributed by atoms with Crippen LogP contribution < -0.4 is 0 Å². The van der Waals surface area contributed by atoms with Crippen molar-refractivity contribution in [2.24, 2.45) is 0 Å². The topological polar surface area (TPSA) is 20.2 Å². The molecular formula is C20H28O. The SMILES string of the molecule is C=C/C=C(/O)C=C1CCCCC1.CC(C)c1ccccc1. The molecule has 1 fully saturated rings. The monoisotopic (exact) mass is 284 g/mol. The van der Waals surface area contributed by atoms with Crippen molar-refractivity contribution in [1.29, 1.82) is 0 Å². The quantitative estimate of drug-likeness (QED) is 0.509. The Kier molecular flexibility index (Phi) is 8.27. The Morgan fingerprint density at radius 1 is 1.10 bits per heavy atom. The van der Waals surface area contributed by atoms with Gasteiger partial charge in [-0.15, -0.1) is 0 Å². The van der Waals surface area contributed by atoms with E-state index in [1.165, 1.54) is 30.4 Å². The van der Waals surface area contributed by atoms with Crippen molar-refractivity contribution in [3.8, 4) is 0 Å². The molecule has 0 heterocycles. The smallest absolute Gasteiger partial charge is 0.115 e. The van der Waals surface area contributed by atoms with Crippen LogP contribution >= 0.6 is 0 Å². The Balaban J connectivity index is 0.000000219. The summed E-state index contributed by atoms with van der Waals surface area (Å²) in [6, 6.07) is 10.5. The van der Waals surface area contributed by atoms with Crippen LogP contribution in [0, 0.1) is 0 Å². The zero-order valence-electron chi connectivity index (χ0n) is 13.4. The molecule has 2 rings (SSSR count). The van der Waals surface area contributed by atoms with E-state index in [0.29, 0.717) is 11.7 Å². The fourth-order valence-electron chi connectivity index (χ4n) is 2.37. The number of benzene rings is 1. The zero-order chi connectivity index (χ0) is 15.5. The molecule has 0 unspecified atom stereocenters. The Morgan fingerprint density at radius 3 is 2.19 bits per heavy atom. The van der Waals surface area contributed by atoms with E-state index in [9.17, 15) is 5.11 Å². The van der Waals surface area contributed by atoms with Crippen molar-refractivity contribution in [2.75, 3.05) is 0 Å². The highest BCUT2D eigenvalue weighted by atomic mass is 16.3. The molecule has 1 aromatic carbocycles. The fourth-order valence-corrected chi connectivity index (χ4v) is 2.37. The first-order chi connectivity index (χ1) is 10.1. The highest BCUT2D eigenvalue weighted by Crippen LogP contribution is 2.23. The molecule has 0 radical (unpaired) electrons. The average Bonchev–Trinajstić information content (AvgIpc) is 2.50. The minimum Gasteiger partial charge on any atom is -0.508 e. The van der Waals surface area contributed by atoms with E-state index in [-0.39, 0.29) is 0 Å². The summed E-state index contributed by atoms with van der Waals surface area (Å²) < 4.78 is 0. The first-order valence-electron chi connectivity index (χ1n) is 7.89. The van der Waals surface area contributed by atoms with E-state index in [1.54, 1.807) is 12.2 Å². The van der Waals surface area contributed by atoms with Crippen molar-refractivity contribution in [3.05, 3.63) is 72.0 Å². The Morgan fingerprint density at radius 2 is 1.71 bits per heavy atom. The molecule has 1 aromatic rings. The second-order valence-corrected chi connectivity index (χ2v) is 5.76. The predicted octanol–water partition coefficient (Wildman–Crippen LogP) is 6.31. The minimum absolute atomic E-state index is 0.335. The molecule has 114 valence electrons. The zero-order valence-corrected chi connectivity index (χ0v) is 13.4. The molecule has 1 aliphatic carbocycles. The molecule has 1 aliphatic rings. The van der Waals surface area contributed by atoms with E-state index in [0.717, 1.165) is 12.8 Å². The molecular weight excluding hydrogens is 256 g/mol. The van der Waals surface area contributed by atoms with Crippen LogP contribution in [0.15, 0.2) is 66.5 Å². The molecule has 0 spiro atoms.